The number of carbonyl (C=O) groups is 1. The molecule has 0 aromatic heterocycles. The van der Waals surface area contributed by atoms with E-state index >= 15 is 0 Å². The van der Waals surface area contributed by atoms with Crippen LogP contribution in [0.2, 0.25) is 0 Å². The van der Waals surface area contributed by atoms with Crippen LogP contribution in [0.3, 0.4) is 0 Å². The van der Waals surface area contributed by atoms with E-state index in [1.807, 2.05) is 0 Å². The molecule has 1 aliphatic carbocycles. The molecule has 4 nitrogen and oxygen atoms in total. The van der Waals surface area contributed by atoms with E-state index in [0.717, 1.165) is 26.0 Å². The molecule has 2 unspecified atom stereocenters. The SMILES string of the molecule is CC1(CN2C(=O)CNC2C2CCCC2)CCCO1. The van der Waals surface area contributed by atoms with E-state index < -0.39 is 0 Å². The first kappa shape index (κ1) is 12.4. The van der Waals surface area contributed by atoms with Gasteiger partial charge in [-0.1, -0.05) is 12.8 Å². The van der Waals surface area contributed by atoms with Crippen LogP contribution < -0.4 is 5.32 Å². The van der Waals surface area contributed by atoms with Crippen LogP contribution in [0.5, 0.6) is 0 Å². The van der Waals surface area contributed by atoms with Gasteiger partial charge in [0.15, 0.2) is 0 Å². The largest absolute Gasteiger partial charge is 0.373 e. The van der Waals surface area contributed by atoms with Crippen LogP contribution in [0.25, 0.3) is 0 Å². The van der Waals surface area contributed by atoms with Crippen molar-refractivity contribution in [1.82, 2.24) is 10.2 Å². The van der Waals surface area contributed by atoms with Gasteiger partial charge in [0.05, 0.1) is 24.9 Å². The summed E-state index contributed by atoms with van der Waals surface area (Å²) in [5.41, 5.74) is -0.113. The summed E-state index contributed by atoms with van der Waals surface area (Å²) in [7, 11) is 0. The molecule has 2 heterocycles. The minimum atomic E-state index is -0.113. The minimum Gasteiger partial charge on any atom is -0.373 e. The van der Waals surface area contributed by atoms with Crippen molar-refractivity contribution < 1.29 is 9.53 Å². The molecule has 0 radical (unpaired) electrons. The Morgan fingerprint density at radius 3 is 2.83 bits per heavy atom. The van der Waals surface area contributed by atoms with Gasteiger partial charge in [0.1, 0.15) is 0 Å². The van der Waals surface area contributed by atoms with Crippen molar-refractivity contribution in [3.8, 4) is 0 Å². The highest BCUT2D eigenvalue weighted by Gasteiger charge is 2.42. The zero-order valence-corrected chi connectivity index (χ0v) is 11.3. The quantitative estimate of drug-likeness (QED) is 0.827. The highest BCUT2D eigenvalue weighted by molar-refractivity contribution is 5.80. The second-order valence-corrected chi connectivity index (χ2v) is 6.29. The molecule has 0 spiro atoms. The molecule has 2 saturated heterocycles. The van der Waals surface area contributed by atoms with E-state index in [1.165, 1.54) is 25.7 Å². The second-order valence-electron chi connectivity index (χ2n) is 6.29. The first-order valence-corrected chi connectivity index (χ1v) is 7.35. The van der Waals surface area contributed by atoms with Gasteiger partial charge < -0.3 is 9.64 Å². The van der Waals surface area contributed by atoms with Gasteiger partial charge in [0.25, 0.3) is 0 Å². The minimum absolute atomic E-state index is 0.113. The highest BCUT2D eigenvalue weighted by Crippen LogP contribution is 2.33. The molecule has 2 atom stereocenters. The molecule has 3 fully saturated rings. The van der Waals surface area contributed by atoms with Crippen molar-refractivity contribution in [2.75, 3.05) is 19.7 Å². The fourth-order valence-corrected chi connectivity index (χ4v) is 3.76. The van der Waals surface area contributed by atoms with Gasteiger partial charge >= 0.3 is 0 Å². The Morgan fingerprint density at radius 2 is 2.17 bits per heavy atom. The van der Waals surface area contributed by atoms with Gasteiger partial charge in [-0.15, -0.1) is 0 Å². The van der Waals surface area contributed by atoms with Crippen LogP contribution in [0.4, 0.5) is 0 Å². The zero-order chi connectivity index (χ0) is 12.6. The van der Waals surface area contributed by atoms with Crippen LogP contribution in [0.1, 0.15) is 45.4 Å². The molecule has 3 rings (SSSR count). The van der Waals surface area contributed by atoms with Crippen molar-refractivity contribution in [2.45, 2.75) is 57.2 Å². The topological polar surface area (TPSA) is 41.6 Å². The van der Waals surface area contributed by atoms with Crippen LogP contribution in [0.15, 0.2) is 0 Å². The van der Waals surface area contributed by atoms with Gasteiger partial charge in [0, 0.05) is 6.61 Å². The second kappa shape index (κ2) is 4.82. The average molecular weight is 252 g/mol. The Bertz CT molecular complexity index is 320. The van der Waals surface area contributed by atoms with Gasteiger partial charge in [-0.2, -0.15) is 0 Å². The monoisotopic (exact) mass is 252 g/mol. The first-order chi connectivity index (χ1) is 8.68. The lowest BCUT2D eigenvalue weighted by Crippen LogP contribution is -2.49. The summed E-state index contributed by atoms with van der Waals surface area (Å²) in [5.74, 6) is 0.907. The molecule has 0 bridgehead atoms. The fourth-order valence-electron chi connectivity index (χ4n) is 3.76. The van der Waals surface area contributed by atoms with Crippen molar-refractivity contribution in [3.05, 3.63) is 0 Å². The Morgan fingerprint density at radius 1 is 1.39 bits per heavy atom. The maximum absolute atomic E-state index is 12.1. The van der Waals surface area contributed by atoms with E-state index in [9.17, 15) is 4.79 Å². The molecular formula is C14H24N2O2. The highest BCUT2D eigenvalue weighted by atomic mass is 16.5. The lowest BCUT2D eigenvalue weighted by Gasteiger charge is -2.35. The van der Waals surface area contributed by atoms with Crippen LogP contribution in [-0.4, -0.2) is 42.3 Å². The Hall–Kier alpha value is -0.610. The predicted molar refractivity (Wildman–Crippen MR) is 69.1 cm³/mol. The number of rotatable bonds is 3. The van der Waals surface area contributed by atoms with E-state index in [1.54, 1.807) is 0 Å². The molecule has 18 heavy (non-hydrogen) atoms. The Kier molecular flexibility index (Phi) is 3.32. The molecule has 1 saturated carbocycles. The molecule has 102 valence electrons. The maximum Gasteiger partial charge on any atom is 0.237 e. The average Bonchev–Trinajstić information content (AvgIpc) is 3.03. The van der Waals surface area contributed by atoms with Crippen molar-refractivity contribution in [1.29, 1.82) is 0 Å². The third-order valence-corrected chi connectivity index (χ3v) is 4.77. The van der Waals surface area contributed by atoms with Crippen molar-refractivity contribution in [2.24, 2.45) is 5.92 Å². The molecule has 0 aromatic carbocycles. The molecule has 2 aliphatic heterocycles. The molecule has 1 N–H and O–H groups in total. The van der Waals surface area contributed by atoms with Crippen LogP contribution in [-0.2, 0) is 9.53 Å². The summed E-state index contributed by atoms with van der Waals surface area (Å²) in [6, 6.07) is 0. The lowest BCUT2D eigenvalue weighted by molar-refractivity contribution is -0.132. The fraction of sp³-hybridized carbons (Fsp3) is 0.929. The van der Waals surface area contributed by atoms with Crippen LogP contribution in [0, 0.1) is 5.92 Å². The number of hydrogen-bond acceptors (Lipinski definition) is 3. The van der Waals surface area contributed by atoms with E-state index in [0.29, 0.717) is 12.5 Å². The number of amides is 1. The summed E-state index contributed by atoms with van der Waals surface area (Å²) < 4.78 is 5.84. The number of nitrogens with zero attached hydrogens (tertiary/aromatic N) is 1. The Labute approximate surface area is 109 Å². The number of carbonyl (C=O) groups excluding carboxylic acids is 1. The lowest BCUT2D eigenvalue weighted by atomic mass is 9.99. The summed E-state index contributed by atoms with van der Waals surface area (Å²) in [6.07, 6.45) is 7.63. The molecule has 0 aromatic rings. The van der Waals surface area contributed by atoms with Gasteiger partial charge in [0.2, 0.25) is 5.91 Å². The molecule has 1 amide bonds. The number of nitrogens with one attached hydrogen (secondary N) is 1. The smallest absolute Gasteiger partial charge is 0.237 e. The van der Waals surface area contributed by atoms with Gasteiger partial charge in [-0.25, -0.2) is 0 Å². The van der Waals surface area contributed by atoms with Crippen molar-refractivity contribution >= 4 is 5.91 Å². The van der Waals surface area contributed by atoms with E-state index in [4.69, 9.17) is 4.74 Å². The maximum atomic E-state index is 12.1. The number of ether oxygens (including phenoxy) is 1. The summed E-state index contributed by atoms with van der Waals surface area (Å²) in [4.78, 5) is 14.1. The number of hydrogen-bond donors (Lipinski definition) is 1. The molecular weight excluding hydrogens is 228 g/mol. The normalized spacial score (nSPS) is 37.9. The summed E-state index contributed by atoms with van der Waals surface area (Å²) in [5, 5.41) is 3.41. The third-order valence-electron chi connectivity index (χ3n) is 4.77. The molecule has 4 heteroatoms. The van der Waals surface area contributed by atoms with Crippen molar-refractivity contribution in [3.63, 3.8) is 0 Å². The predicted octanol–water partition coefficient (Wildman–Crippen LogP) is 1.50. The third kappa shape index (κ3) is 2.28. The van der Waals surface area contributed by atoms with Gasteiger partial charge in [-0.05, 0) is 38.5 Å². The Balaban J connectivity index is 1.68. The summed E-state index contributed by atoms with van der Waals surface area (Å²) in [6.45, 7) is 4.27. The zero-order valence-electron chi connectivity index (χ0n) is 11.3. The van der Waals surface area contributed by atoms with E-state index in [-0.39, 0.29) is 17.7 Å². The van der Waals surface area contributed by atoms with Gasteiger partial charge in [-0.3, -0.25) is 10.1 Å². The van der Waals surface area contributed by atoms with E-state index in [2.05, 4.69) is 17.1 Å². The van der Waals surface area contributed by atoms with Crippen LogP contribution >= 0.6 is 0 Å². The first-order valence-electron chi connectivity index (χ1n) is 7.35. The molecule has 3 aliphatic rings. The standard InChI is InChI=1S/C14H24N2O2/c1-14(7-4-8-18-14)10-16-12(17)9-15-13(16)11-5-2-3-6-11/h11,13,15H,2-10H2,1H3. The summed E-state index contributed by atoms with van der Waals surface area (Å²) >= 11 is 0.